The van der Waals surface area contributed by atoms with Gasteiger partial charge in [-0.2, -0.15) is 0 Å². The number of rotatable bonds is 10. The van der Waals surface area contributed by atoms with E-state index in [2.05, 4.69) is 26.1 Å². The molecule has 1 saturated heterocycles. The molecule has 2 aromatic rings. The van der Waals surface area contributed by atoms with Crippen LogP contribution in [0.3, 0.4) is 0 Å². The smallest absolute Gasteiger partial charge is 0.269 e. The number of benzene rings is 2. The first-order valence-electron chi connectivity index (χ1n) is 9.81. The van der Waals surface area contributed by atoms with Crippen molar-refractivity contribution in [3.05, 3.63) is 62.1 Å². The summed E-state index contributed by atoms with van der Waals surface area (Å²) in [5.41, 5.74) is 1.87. The van der Waals surface area contributed by atoms with Crippen molar-refractivity contribution in [2.24, 2.45) is 0 Å². The highest BCUT2D eigenvalue weighted by Gasteiger charge is 2.16. The number of nitro groups is 1. The third kappa shape index (κ3) is 6.15. The molecule has 0 amide bonds. The predicted molar refractivity (Wildman–Crippen MR) is 117 cm³/mol. The molecule has 0 aromatic heterocycles. The van der Waals surface area contributed by atoms with Crippen LogP contribution in [0.25, 0.3) is 0 Å². The second kappa shape index (κ2) is 11.3. The van der Waals surface area contributed by atoms with Gasteiger partial charge in [-0.15, -0.1) is 0 Å². The molecule has 1 heterocycles. The van der Waals surface area contributed by atoms with Gasteiger partial charge < -0.3 is 19.5 Å². The van der Waals surface area contributed by atoms with E-state index in [0.29, 0.717) is 18.0 Å². The Morgan fingerprint density at radius 1 is 1.20 bits per heavy atom. The number of nitrogens with zero attached hydrogens (tertiary/aromatic N) is 2. The Morgan fingerprint density at radius 3 is 2.60 bits per heavy atom. The number of ether oxygens (including phenoxy) is 3. The Balaban J connectivity index is 1.63. The van der Waals surface area contributed by atoms with Gasteiger partial charge in [0.1, 0.15) is 6.61 Å². The molecular formula is C21H26BrN3O5. The molecule has 30 heavy (non-hydrogen) atoms. The molecule has 9 heteroatoms. The first kappa shape index (κ1) is 22.5. The average molecular weight is 480 g/mol. The van der Waals surface area contributed by atoms with Crippen molar-refractivity contribution >= 4 is 21.6 Å². The van der Waals surface area contributed by atoms with Crippen LogP contribution in [0.5, 0.6) is 11.5 Å². The summed E-state index contributed by atoms with van der Waals surface area (Å²) in [5.74, 6) is 1.30. The van der Waals surface area contributed by atoms with Gasteiger partial charge in [0.2, 0.25) is 0 Å². The molecule has 0 radical (unpaired) electrons. The van der Waals surface area contributed by atoms with Crippen LogP contribution in [0.2, 0.25) is 0 Å². The first-order chi connectivity index (χ1) is 14.6. The van der Waals surface area contributed by atoms with Crippen LogP contribution in [-0.2, 0) is 17.9 Å². The van der Waals surface area contributed by atoms with Crippen molar-refractivity contribution in [1.82, 2.24) is 10.2 Å². The van der Waals surface area contributed by atoms with E-state index in [9.17, 15) is 10.1 Å². The molecule has 1 aliphatic rings. The second-order valence-electron chi connectivity index (χ2n) is 6.90. The minimum Gasteiger partial charge on any atom is -0.493 e. The summed E-state index contributed by atoms with van der Waals surface area (Å²) >= 11 is 3.61. The summed E-state index contributed by atoms with van der Waals surface area (Å²) in [5, 5.41) is 14.3. The number of nitrogens with one attached hydrogen (secondary N) is 1. The molecule has 2 aromatic carbocycles. The molecule has 0 aliphatic carbocycles. The van der Waals surface area contributed by atoms with Gasteiger partial charge in [-0.1, -0.05) is 15.9 Å². The van der Waals surface area contributed by atoms with E-state index in [1.165, 1.54) is 12.1 Å². The molecule has 0 unspecified atom stereocenters. The summed E-state index contributed by atoms with van der Waals surface area (Å²) in [6.45, 7) is 6.24. The maximum atomic E-state index is 10.8. The lowest BCUT2D eigenvalue weighted by Crippen LogP contribution is -2.40. The number of hydrogen-bond acceptors (Lipinski definition) is 7. The van der Waals surface area contributed by atoms with Gasteiger partial charge in [0.15, 0.2) is 11.5 Å². The maximum Gasteiger partial charge on any atom is 0.269 e. The van der Waals surface area contributed by atoms with Crippen molar-refractivity contribution in [2.45, 2.75) is 13.2 Å². The van der Waals surface area contributed by atoms with E-state index in [1.807, 2.05) is 12.1 Å². The molecule has 0 spiro atoms. The monoisotopic (exact) mass is 479 g/mol. The number of halogens is 1. The van der Waals surface area contributed by atoms with E-state index >= 15 is 0 Å². The van der Waals surface area contributed by atoms with E-state index in [-0.39, 0.29) is 12.3 Å². The van der Waals surface area contributed by atoms with E-state index in [4.69, 9.17) is 14.2 Å². The molecule has 0 bridgehead atoms. The molecule has 1 aliphatic heterocycles. The molecule has 0 saturated carbocycles. The van der Waals surface area contributed by atoms with Gasteiger partial charge in [-0.3, -0.25) is 15.0 Å². The van der Waals surface area contributed by atoms with Crippen molar-refractivity contribution in [2.75, 3.05) is 46.5 Å². The molecule has 1 N–H and O–H groups in total. The molecule has 1 fully saturated rings. The Hall–Kier alpha value is -2.20. The largest absolute Gasteiger partial charge is 0.493 e. The summed E-state index contributed by atoms with van der Waals surface area (Å²) in [7, 11) is 1.61. The molecular weight excluding hydrogens is 454 g/mol. The number of nitro benzene ring substituents is 1. The minimum atomic E-state index is -0.414. The standard InChI is InChI=1S/C21H26BrN3O5/c1-28-20-7-6-19(22)18(14-23-8-9-24-10-12-29-13-11-24)21(20)30-15-16-2-4-17(5-3-16)25(26)27/h2-7,23H,8-15H2,1H3. The van der Waals surface area contributed by atoms with Gasteiger partial charge >= 0.3 is 0 Å². The van der Waals surface area contributed by atoms with Crippen LogP contribution in [0.1, 0.15) is 11.1 Å². The lowest BCUT2D eigenvalue weighted by atomic mass is 10.1. The van der Waals surface area contributed by atoms with Crippen LogP contribution in [0, 0.1) is 10.1 Å². The Kier molecular flexibility index (Phi) is 8.44. The lowest BCUT2D eigenvalue weighted by Gasteiger charge is -2.26. The van der Waals surface area contributed by atoms with E-state index in [1.54, 1.807) is 19.2 Å². The fourth-order valence-corrected chi connectivity index (χ4v) is 3.66. The topological polar surface area (TPSA) is 86.1 Å². The molecule has 0 atom stereocenters. The summed E-state index contributed by atoms with van der Waals surface area (Å²) < 4.78 is 17.9. The van der Waals surface area contributed by atoms with Gasteiger partial charge in [0.05, 0.1) is 25.2 Å². The van der Waals surface area contributed by atoms with Crippen LogP contribution in [0.4, 0.5) is 5.69 Å². The number of morpholine rings is 1. The number of methoxy groups -OCH3 is 1. The van der Waals surface area contributed by atoms with E-state index < -0.39 is 4.92 Å². The highest BCUT2D eigenvalue weighted by atomic mass is 79.9. The second-order valence-corrected chi connectivity index (χ2v) is 7.75. The normalized spacial score (nSPS) is 14.5. The zero-order valence-corrected chi connectivity index (χ0v) is 18.5. The third-order valence-corrected chi connectivity index (χ3v) is 5.67. The summed E-state index contributed by atoms with van der Waals surface area (Å²) in [6, 6.07) is 10.1. The fourth-order valence-electron chi connectivity index (χ4n) is 3.21. The molecule has 8 nitrogen and oxygen atoms in total. The van der Waals surface area contributed by atoms with Crippen LogP contribution >= 0.6 is 15.9 Å². The van der Waals surface area contributed by atoms with Crippen LogP contribution < -0.4 is 14.8 Å². The summed E-state index contributed by atoms with van der Waals surface area (Å²) in [6.07, 6.45) is 0. The Bertz CT molecular complexity index is 841. The molecule has 3 rings (SSSR count). The van der Waals surface area contributed by atoms with Crippen molar-refractivity contribution in [1.29, 1.82) is 0 Å². The predicted octanol–water partition coefficient (Wildman–Crippen LogP) is 3.37. The number of hydrogen-bond donors (Lipinski definition) is 1. The highest BCUT2D eigenvalue weighted by Crippen LogP contribution is 2.36. The fraction of sp³-hybridized carbons (Fsp3) is 0.429. The SMILES string of the molecule is COc1ccc(Br)c(CNCCN2CCOCC2)c1OCc1ccc([N+](=O)[O-])cc1. The Labute approximate surface area is 184 Å². The van der Waals surface area contributed by atoms with Crippen molar-refractivity contribution in [3.63, 3.8) is 0 Å². The number of non-ortho nitro benzene ring substituents is 1. The first-order valence-corrected chi connectivity index (χ1v) is 10.6. The van der Waals surface area contributed by atoms with Crippen LogP contribution in [0.15, 0.2) is 40.9 Å². The zero-order chi connectivity index (χ0) is 21.3. The highest BCUT2D eigenvalue weighted by molar-refractivity contribution is 9.10. The lowest BCUT2D eigenvalue weighted by molar-refractivity contribution is -0.384. The van der Waals surface area contributed by atoms with Gasteiger partial charge in [0, 0.05) is 54.9 Å². The third-order valence-electron chi connectivity index (χ3n) is 4.93. The Morgan fingerprint density at radius 2 is 1.93 bits per heavy atom. The van der Waals surface area contributed by atoms with Gasteiger partial charge in [-0.25, -0.2) is 0 Å². The summed E-state index contributed by atoms with van der Waals surface area (Å²) in [4.78, 5) is 12.8. The van der Waals surface area contributed by atoms with Crippen molar-refractivity contribution in [3.8, 4) is 11.5 Å². The van der Waals surface area contributed by atoms with Gasteiger partial charge in [0.25, 0.3) is 5.69 Å². The average Bonchev–Trinajstić information content (AvgIpc) is 2.77. The maximum absolute atomic E-state index is 10.8. The van der Waals surface area contributed by atoms with E-state index in [0.717, 1.165) is 55.0 Å². The van der Waals surface area contributed by atoms with Crippen LogP contribution in [-0.4, -0.2) is 56.3 Å². The molecule has 162 valence electrons. The van der Waals surface area contributed by atoms with Gasteiger partial charge in [-0.05, 0) is 29.8 Å². The van der Waals surface area contributed by atoms with Crippen molar-refractivity contribution < 1.29 is 19.1 Å². The quantitative estimate of drug-likeness (QED) is 0.317. The zero-order valence-electron chi connectivity index (χ0n) is 16.9. The minimum absolute atomic E-state index is 0.0592.